The number of halogens is 3. The van der Waals surface area contributed by atoms with E-state index in [0.717, 1.165) is 0 Å². The molecule has 210 valence electrons. The van der Waals surface area contributed by atoms with Gasteiger partial charge in [0.2, 0.25) is 17.6 Å². The number of ether oxygens (including phenoxy) is 1. The minimum Gasteiger partial charge on any atom is -0.444 e. The van der Waals surface area contributed by atoms with E-state index < -0.39 is 77.3 Å². The second kappa shape index (κ2) is 9.79. The molecule has 0 aromatic carbocycles. The van der Waals surface area contributed by atoms with Crippen LogP contribution in [0.2, 0.25) is 0 Å². The minimum absolute atomic E-state index is 0.123. The first kappa shape index (κ1) is 30.4. The Kier molecular flexibility index (Phi) is 8.03. The van der Waals surface area contributed by atoms with E-state index in [1.54, 1.807) is 41.5 Å². The molecule has 5 atom stereocenters. The topological polar surface area (TPSA) is 148 Å². The van der Waals surface area contributed by atoms with E-state index in [1.807, 2.05) is 19.2 Å². The number of rotatable bonds is 7. The Labute approximate surface area is 214 Å². The van der Waals surface area contributed by atoms with Gasteiger partial charge in [-0.15, -0.1) is 0 Å². The van der Waals surface area contributed by atoms with Crippen molar-refractivity contribution in [3.05, 3.63) is 0 Å². The van der Waals surface area contributed by atoms with Gasteiger partial charge in [-0.2, -0.15) is 13.2 Å². The number of carbonyl (C=O) groups is 5. The van der Waals surface area contributed by atoms with E-state index in [4.69, 9.17) is 10.5 Å². The molecule has 13 heteroatoms. The first-order valence-corrected chi connectivity index (χ1v) is 12.0. The van der Waals surface area contributed by atoms with Gasteiger partial charge in [0.05, 0.1) is 6.42 Å². The van der Waals surface area contributed by atoms with Crippen LogP contribution in [0.4, 0.5) is 18.0 Å². The fourth-order valence-corrected chi connectivity index (χ4v) is 4.92. The summed E-state index contributed by atoms with van der Waals surface area (Å²) < 4.78 is 44.5. The van der Waals surface area contributed by atoms with Gasteiger partial charge in [0.15, 0.2) is 0 Å². The molecule has 1 heterocycles. The van der Waals surface area contributed by atoms with Gasteiger partial charge < -0.3 is 26.0 Å². The van der Waals surface area contributed by atoms with Crippen LogP contribution in [-0.4, -0.2) is 70.9 Å². The van der Waals surface area contributed by atoms with Crippen LogP contribution < -0.4 is 16.4 Å². The Bertz CT molecular complexity index is 967. The summed E-state index contributed by atoms with van der Waals surface area (Å²) in [6.45, 7) is 13.9. The molecule has 1 saturated heterocycles. The third-order valence-electron chi connectivity index (χ3n) is 6.85. The number of carbonyl (C=O) groups excluding carboxylic acids is 5. The van der Waals surface area contributed by atoms with Gasteiger partial charge in [0, 0.05) is 6.54 Å². The molecule has 10 nitrogen and oxygen atoms in total. The number of alkyl halides is 3. The van der Waals surface area contributed by atoms with Crippen molar-refractivity contribution in [1.82, 2.24) is 15.5 Å². The normalized spacial score (nSPS) is 24.4. The number of ketones is 1. The maximum absolute atomic E-state index is 13.7. The molecule has 2 fully saturated rings. The predicted molar refractivity (Wildman–Crippen MR) is 126 cm³/mol. The van der Waals surface area contributed by atoms with Crippen molar-refractivity contribution in [3.63, 3.8) is 0 Å². The third kappa shape index (κ3) is 7.13. The number of amides is 4. The highest BCUT2D eigenvalue weighted by molar-refractivity contribution is 6.37. The lowest BCUT2D eigenvalue weighted by Crippen LogP contribution is -2.61. The SMILES string of the molecule is CC(C)(C)OC(=O)N[C@H](C(=O)N1CC2[C@@H]([C@H]1C(=O)NC(CC(F)(F)F)C(=O)C(N)=O)C2(C)C)C(C)(C)C. The summed E-state index contributed by atoms with van der Waals surface area (Å²) in [4.78, 5) is 64.1. The summed E-state index contributed by atoms with van der Waals surface area (Å²) >= 11 is 0. The molecule has 0 aromatic rings. The van der Waals surface area contributed by atoms with Crippen LogP contribution in [0.15, 0.2) is 0 Å². The van der Waals surface area contributed by atoms with Crippen molar-refractivity contribution in [2.75, 3.05) is 6.54 Å². The number of nitrogens with two attached hydrogens (primary N) is 1. The number of likely N-dealkylation sites (tertiary alicyclic amines) is 1. The number of primary amides is 1. The largest absolute Gasteiger partial charge is 0.444 e. The molecular weight excluding hydrogens is 497 g/mol. The summed E-state index contributed by atoms with van der Waals surface area (Å²) in [6.07, 6.45) is -7.50. The van der Waals surface area contributed by atoms with E-state index in [-0.39, 0.29) is 17.9 Å². The second-order valence-corrected chi connectivity index (χ2v) is 12.4. The molecule has 2 unspecified atom stereocenters. The van der Waals surface area contributed by atoms with Crippen molar-refractivity contribution < 1.29 is 41.9 Å². The molecule has 0 aromatic heterocycles. The molecule has 0 radical (unpaired) electrons. The number of nitrogens with zero attached hydrogens (tertiary/aromatic N) is 1. The number of fused-ring (bicyclic) bond motifs is 1. The van der Waals surface area contributed by atoms with Gasteiger partial charge in [-0.05, 0) is 43.4 Å². The average Bonchev–Trinajstić information content (AvgIpc) is 3.03. The quantitative estimate of drug-likeness (QED) is 0.425. The average molecular weight is 535 g/mol. The maximum Gasteiger partial charge on any atom is 0.408 e. The van der Waals surface area contributed by atoms with Crippen molar-refractivity contribution in [2.24, 2.45) is 28.4 Å². The number of Topliss-reactive ketones (excluding diaryl/α,β-unsaturated/α-hetero) is 1. The number of nitrogens with one attached hydrogen (secondary N) is 2. The Morgan fingerprint density at radius 2 is 1.57 bits per heavy atom. The fourth-order valence-electron chi connectivity index (χ4n) is 4.92. The molecule has 1 saturated carbocycles. The number of piperidine rings is 1. The molecule has 1 aliphatic heterocycles. The van der Waals surface area contributed by atoms with Gasteiger partial charge in [-0.1, -0.05) is 34.6 Å². The van der Waals surface area contributed by atoms with Gasteiger partial charge in [0.25, 0.3) is 5.91 Å². The third-order valence-corrected chi connectivity index (χ3v) is 6.85. The number of hydrogen-bond acceptors (Lipinski definition) is 6. The van der Waals surface area contributed by atoms with Crippen LogP contribution in [0, 0.1) is 22.7 Å². The summed E-state index contributed by atoms with van der Waals surface area (Å²) in [5.74, 6) is -5.34. The Balaban J connectivity index is 2.35. The van der Waals surface area contributed by atoms with Crippen LogP contribution in [0.5, 0.6) is 0 Å². The standard InChI is InChI=1S/C24H37F3N4O6/c1-21(2,3)16(30-20(36)37-22(4,5)6)19(35)31-10-11-13(23(11,7)8)14(31)18(34)29-12(9-24(25,26)27)15(32)17(28)33/h11-14,16H,9-10H2,1-8H3,(H2,28,33)(H,29,34)(H,30,36)/t11?,12?,13-,14-,16+/m0/s1. The highest BCUT2D eigenvalue weighted by Gasteiger charge is 2.70. The van der Waals surface area contributed by atoms with Crippen LogP contribution in [0.25, 0.3) is 0 Å². The van der Waals surface area contributed by atoms with Crippen LogP contribution >= 0.6 is 0 Å². The van der Waals surface area contributed by atoms with Crippen LogP contribution in [0.3, 0.4) is 0 Å². The Morgan fingerprint density at radius 3 is 2.00 bits per heavy atom. The summed E-state index contributed by atoms with van der Waals surface area (Å²) in [7, 11) is 0. The lowest BCUT2D eigenvalue weighted by atomic mass is 9.85. The van der Waals surface area contributed by atoms with E-state index in [9.17, 15) is 37.1 Å². The van der Waals surface area contributed by atoms with Crippen LogP contribution in [-0.2, 0) is 23.9 Å². The zero-order valence-corrected chi connectivity index (χ0v) is 22.4. The van der Waals surface area contributed by atoms with E-state index in [1.165, 1.54) is 4.90 Å². The van der Waals surface area contributed by atoms with Crippen molar-refractivity contribution in [3.8, 4) is 0 Å². The summed E-state index contributed by atoms with van der Waals surface area (Å²) in [5.41, 5.74) is 2.85. The van der Waals surface area contributed by atoms with Gasteiger partial charge in [0.1, 0.15) is 23.7 Å². The Morgan fingerprint density at radius 1 is 1.03 bits per heavy atom. The first-order valence-electron chi connectivity index (χ1n) is 12.0. The lowest BCUT2D eigenvalue weighted by molar-refractivity contribution is -0.155. The summed E-state index contributed by atoms with van der Waals surface area (Å²) in [5, 5.41) is 4.57. The molecule has 0 bridgehead atoms. The van der Waals surface area contributed by atoms with E-state index >= 15 is 0 Å². The number of hydrogen-bond donors (Lipinski definition) is 3. The molecule has 2 rings (SSSR count). The second-order valence-electron chi connectivity index (χ2n) is 12.4. The van der Waals surface area contributed by atoms with E-state index in [0.29, 0.717) is 0 Å². The minimum atomic E-state index is -4.87. The van der Waals surface area contributed by atoms with Gasteiger partial charge >= 0.3 is 12.3 Å². The van der Waals surface area contributed by atoms with Crippen LogP contribution in [0.1, 0.15) is 61.8 Å². The smallest absolute Gasteiger partial charge is 0.408 e. The van der Waals surface area contributed by atoms with Gasteiger partial charge in [-0.25, -0.2) is 4.79 Å². The highest BCUT2D eigenvalue weighted by atomic mass is 19.4. The zero-order chi connectivity index (χ0) is 28.9. The van der Waals surface area contributed by atoms with E-state index in [2.05, 4.69) is 5.32 Å². The number of alkyl carbamates (subject to hydrolysis) is 1. The molecule has 2 aliphatic rings. The first-order chi connectivity index (χ1) is 16.5. The highest BCUT2D eigenvalue weighted by Crippen LogP contribution is 2.65. The molecular formula is C24H37F3N4O6. The van der Waals surface area contributed by atoms with Crippen molar-refractivity contribution in [1.29, 1.82) is 0 Å². The monoisotopic (exact) mass is 534 g/mol. The zero-order valence-electron chi connectivity index (χ0n) is 22.4. The maximum atomic E-state index is 13.7. The molecule has 1 aliphatic carbocycles. The van der Waals surface area contributed by atoms with Crippen molar-refractivity contribution >= 4 is 29.6 Å². The Hall–Kier alpha value is -2.86. The molecule has 4 N–H and O–H groups in total. The predicted octanol–water partition coefficient (Wildman–Crippen LogP) is 1.90. The molecule has 37 heavy (non-hydrogen) atoms. The molecule has 4 amide bonds. The lowest BCUT2D eigenvalue weighted by Gasteiger charge is -2.38. The molecule has 0 spiro atoms. The summed E-state index contributed by atoms with van der Waals surface area (Å²) in [6, 6.07) is -4.56. The fraction of sp³-hybridized carbons (Fsp3) is 0.792. The van der Waals surface area contributed by atoms with Crippen molar-refractivity contribution in [2.45, 2.75) is 91.7 Å². The van der Waals surface area contributed by atoms with Gasteiger partial charge in [-0.3, -0.25) is 19.2 Å².